The fourth-order valence-corrected chi connectivity index (χ4v) is 2.92. The highest BCUT2D eigenvalue weighted by Crippen LogP contribution is 2.36. The Hall–Kier alpha value is -1.68. The molecule has 1 unspecified atom stereocenters. The summed E-state index contributed by atoms with van der Waals surface area (Å²) in [4.78, 5) is 1.69. The van der Waals surface area contributed by atoms with Crippen LogP contribution in [0, 0.1) is 5.41 Å². The van der Waals surface area contributed by atoms with Gasteiger partial charge in [0.15, 0.2) is 0 Å². The predicted octanol–water partition coefficient (Wildman–Crippen LogP) is 2.94. The molecule has 0 amide bonds. The van der Waals surface area contributed by atoms with Crippen molar-refractivity contribution in [2.24, 2.45) is 5.41 Å². The third-order valence-corrected chi connectivity index (χ3v) is 4.07. The van der Waals surface area contributed by atoms with Crippen LogP contribution in [-0.4, -0.2) is 21.0 Å². The number of rotatable bonds is 4. The lowest BCUT2D eigenvalue weighted by Crippen LogP contribution is -2.27. The molecular weight excluding hydrogens is 248 g/mol. The van der Waals surface area contributed by atoms with E-state index in [1.165, 1.54) is 19.3 Å². The van der Waals surface area contributed by atoms with Gasteiger partial charge < -0.3 is 5.32 Å². The number of nitrogens with zero attached hydrogens (tertiary/aromatic N) is 3. The average molecular weight is 270 g/mol. The molecule has 4 heteroatoms. The minimum absolute atomic E-state index is 0.485. The molecule has 1 saturated carbocycles. The van der Waals surface area contributed by atoms with Gasteiger partial charge in [0, 0.05) is 12.6 Å². The van der Waals surface area contributed by atoms with Gasteiger partial charge >= 0.3 is 0 Å². The maximum atomic E-state index is 4.52. The van der Waals surface area contributed by atoms with Crippen molar-refractivity contribution in [2.45, 2.75) is 45.7 Å². The van der Waals surface area contributed by atoms with Crippen LogP contribution in [0.15, 0.2) is 36.5 Å². The molecule has 20 heavy (non-hydrogen) atoms. The molecule has 0 radical (unpaired) electrons. The van der Waals surface area contributed by atoms with Crippen molar-refractivity contribution in [2.75, 3.05) is 0 Å². The molecule has 0 spiro atoms. The van der Waals surface area contributed by atoms with E-state index in [-0.39, 0.29) is 0 Å². The molecule has 1 atom stereocenters. The van der Waals surface area contributed by atoms with E-state index in [1.807, 2.05) is 36.5 Å². The molecule has 3 rings (SSSR count). The average Bonchev–Trinajstić information content (AvgIpc) is 3.04. The van der Waals surface area contributed by atoms with Crippen LogP contribution in [0.2, 0.25) is 0 Å². The lowest BCUT2D eigenvalue weighted by atomic mass is 9.92. The van der Waals surface area contributed by atoms with Gasteiger partial charge in [-0.3, -0.25) is 0 Å². The van der Waals surface area contributed by atoms with Gasteiger partial charge in [-0.2, -0.15) is 15.0 Å². The Morgan fingerprint density at radius 2 is 2.10 bits per heavy atom. The van der Waals surface area contributed by atoms with E-state index in [2.05, 4.69) is 29.4 Å². The van der Waals surface area contributed by atoms with Crippen molar-refractivity contribution in [3.8, 4) is 5.69 Å². The molecule has 106 valence electrons. The smallest absolute Gasteiger partial charge is 0.0969 e. The third-order valence-electron chi connectivity index (χ3n) is 4.07. The van der Waals surface area contributed by atoms with Crippen molar-refractivity contribution >= 4 is 0 Å². The van der Waals surface area contributed by atoms with Crippen molar-refractivity contribution in [3.05, 3.63) is 42.2 Å². The van der Waals surface area contributed by atoms with Crippen LogP contribution in [-0.2, 0) is 6.54 Å². The molecule has 1 fully saturated rings. The van der Waals surface area contributed by atoms with Crippen LogP contribution in [0.3, 0.4) is 0 Å². The second kappa shape index (κ2) is 5.37. The number of hydrogen-bond acceptors (Lipinski definition) is 3. The third kappa shape index (κ3) is 3.07. The molecule has 0 saturated heterocycles. The van der Waals surface area contributed by atoms with Crippen molar-refractivity contribution in [1.82, 2.24) is 20.3 Å². The predicted molar refractivity (Wildman–Crippen MR) is 79.6 cm³/mol. The van der Waals surface area contributed by atoms with Crippen LogP contribution in [0.1, 0.15) is 38.8 Å². The first kappa shape index (κ1) is 13.3. The monoisotopic (exact) mass is 270 g/mol. The van der Waals surface area contributed by atoms with Crippen LogP contribution >= 0.6 is 0 Å². The molecule has 1 N–H and O–H groups in total. The van der Waals surface area contributed by atoms with Gasteiger partial charge in [-0.25, -0.2) is 0 Å². The summed E-state index contributed by atoms with van der Waals surface area (Å²) >= 11 is 0. The maximum Gasteiger partial charge on any atom is 0.0969 e. The Kier molecular flexibility index (Phi) is 3.57. The van der Waals surface area contributed by atoms with E-state index in [0.717, 1.165) is 17.9 Å². The number of aromatic nitrogens is 3. The number of hydrogen-bond donors (Lipinski definition) is 1. The molecule has 0 bridgehead atoms. The molecule has 1 aromatic carbocycles. The fourth-order valence-electron chi connectivity index (χ4n) is 2.92. The van der Waals surface area contributed by atoms with Gasteiger partial charge in [0.25, 0.3) is 0 Å². The van der Waals surface area contributed by atoms with Gasteiger partial charge in [0.05, 0.1) is 17.6 Å². The molecule has 1 heterocycles. The van der Waals surface area contributed by atoms with Crippen molar-refractivity contribution in [3.63, 3.8) is 0 Å². The summed E-state index contributed by atoms with van der Waals surface area (Å²) < 4.78 is 0. The van der Waals surface area contributed by atoms with E-state index in [0.29, 0.717) is 11.5 Å². The summed E-state index contributed by atoms with van der Waals surface area (Å²) in [5, 5.41) is 12.4. The summed E-state index contributed by atoms with van der Waals surface area (Å²) in [6.07, 6.45) is 5.67. The second-order valence-electron chi connectivity index (χ2n) is 6.45. The molecule has 2 aromatic rings. The highest BCUT2D eigenvalue weighted by Gasteiger charge is 2.30. The highest BCUT2D eigenvalue weighted by molar-refractivity contribution is 5.28. The Morgan fingerprint density at radius 1 is 1.30 bits per heavy atom. The lowest BCUT2D eigenvalue weighted by molar-refractivity contribution is 0.364. The fraction of sp³-hybridized carbons (Fsp3) is 0.500. The first-order valence-electron chi connectivity index (χ1n) is 7.32. The van der Waals surface area contributed by atoms with E-state index in [1.54, 1.807) is 4.80 Å². The summed E-state index contributed by atoms with van der Waals surface area (Å²) in [7, 11) is 0. The van der Waals surface area contributed by atoms with Gasteiger partial charge in [-0.05, 0) is 36.8 Å². The second-order valence-corrected chi connectivity index (χ2v) is 6.45. The standard InChI is InChI=1S/C16H22N4/c1-16(2)9-8-13(10-16)17-11-14-12-18-20(19-14)15-6-4-3-5-7-15/h3-7,12-13,17H,8-11H2,1-2H3. The highest BCUT2D eigenvalue weighted by atomic mass is 15.5. The zero-order chi connectivity index (χ0) is 14.0. The minimum atomic E-state index is 0.485. The zero-order valence-electron chi connectivity index (χ0n) is 12.2. The van der Waals surface area contributed by atoms with E-state index in [9.17, 15) is 0 Å². The van der Waals surface area contributed by atoms with Crippen LogP contribution in [0.5, 0.6) is 0 Å². The topological polar surface area (TPSA) is 42.7 Å². The van der Waals surface area contributed by atoms with E-state index in [4.69, 9.17) is 0 Å². The molecular formula is C16H22N4. The van der Waals surface area contributed by atoms with Gasteiger partial charge in [0.1, 0.15) is 0 Å². The summed E-state index contributed by atoms with van der Waals surface area (Å²) in [5.41, 5.74) is 2.48. The summed E-state index contributed by atoms with van der Waals surface area (Å²) in [5.74, 6) is 0. The largest absolute Gasteiger partial charge is 0.308 e. The number of benzene rings is 1. The quantitative estimate of drug-likeness (QED) is 0.929. The molecule has 1 aliphatic rings. The van der Waals surface area contributed by atoms with Crippen LogP contribution in [0.4, 0.5) is 0 Å². The first-order chi connectivity index (χ1) is 9.62. The zero-order valence-corrected chi connectivity index (χ0v) is 12.2. The Labute approximate surface area is 120 Å². The summed E-state index contributed by atoms with van der Waals surface area (Å²) in [6.45, 7) is 5.49. The van der Waals surface area contributed by atoms with Gasteiger partial charge in [0.2, 0.25) is 0 Å². The first-order valence-corrected chi connectivity index (χ1v) is 7.32. The number of para-hydroxylation sites is 1. The van der Waals surface area contributed by atoms with E-state index < -0.39 is 0 Å². The normalized spacial score (nSPS) is 21.2. The van der Waals surface area contributed by atoms with Gasteiger partial charge in [-0.15, -0.1) is 0 Å². The van der Waals surface area contributed by atoms with Crippen LogP contribution in [0.25, 0.3) is 5.69 Å². The molecule has 1 aromatic heterocycles. The van der Waals surface area contributed by atoms with Crippen molar-refractivity contribution < 1.29 is 0 Å². The maximum absolute atomic E-state index is 4.52. The van der Waals surface area contributed by atoms with Gasteiger partial charge in [-0.1, -0.05) is 32.0 Å². The summed E-state index contributed by atoms with van der Waals surface area (Å²) in [6, 6.07) is 10.6. The molecule has 4 nitrogen and oxygen atoms in total. The lowest BCUT2D eigenvalue weighted by Gasteiger charge is -2.17. The molecule has 0 aliphatic heterocycles. The van der Waals surface area contributed by atoms with E-state index >= 15 is 0 Å². The Morgan fingerprint density at radius 3 is 2.80 bits per heavy atom. The van der Waals surface area contributed by atoms with Crippen LogP contribution < -0.4 is 5.32 Å². The minimum Gasteiger partial charge on any atom is -0.308 e. The Bertz CT molecular complexity index is 559. The Balaban J connectivity index is 1.58. The number of nitrogens with one attached hydrogen (secondary N) is 1. The van der Waals surface area contributed by atoms with Crippen molar-refractivity contribution in [1.29, 1.82) is 0 Å². The SMILES string of the molecule is CC1(C)CCC(NCc2cnn(-c3ccccc3)n2)C1. The molecule has 1 aliphatic carbocycles.